The number of methoxy groups -OCH3 is 2. The zero-order valence-corrected chi connectivity index (χ0v) is 19.0. The fraction of sp³-hybridized carbons (Fsp3) is 0.579. The third kappa shape index (κ3) is 6.53. The lowest BCUT2D eigenvalue weighted by Gasteiger charge is -2.23. The Morgan fingerprint density at radius 3 is 2.48 bits per heavy atom. The Labute approximate surface area is 182 Å². The molecule has 2 amide bonds. The van der Waals surface area contributed by atoms with Crippen molar-refractivity contribution in [3.8, 4) is 11.5 Å². The lowest BCUT2D eigenvalue weighted by atomic mass is 10.3. The fourth-order valence-electron chi connectivity index (χ4n) is 2.99. The molecular formula is C19H30N4O7S. The molecule has 1 atom stereocenters. The molecule has 11 nitrogen and oxygen atoms in total. The molecule has 1 saturated heterocycles. The molecule has 31 heavy (non-hydrogen) atoms. The van der Waals surface area contributed by atoms with Gasteiger partial charge in [0.2, 0.25) is 10.0 Å². The first kappa shape index (κ1) is 24.9. The maximum absolute atomic E-state index is 13.1. The highest BCUT2D eigenvalue weighted by Crippen LogP contribution is 2.31. The minimum absolute atomic E-state index is 0.00520. The van der Waals surface area contributed by atoms with Gasteiger partial charge < -0.3 is 29.7 Å². The molecule has 0 unspecified atom stereocenters. The van der Waals surface area contributed by atoms with E-state index in [1.165, 1.54) is 32.4 Å². The second-order valence-electron chi connectivity index (χ2n) is 7.08. The van der Waals surface area contributed by atoms with Gasteiger partial charge in [0.1, 0.15) is 6.23 Å². The van der Waals surface area contributed by atoms with Crippen LogP contribution in [0.1, 0.15) is 6.42 Å². The maximum Gasteiger partial charge on any atom is 0.309 e. The van der Waals surface area contributed by atoms with Crippen LogP contribution in [0.2, 0.25) is 0 Å². The number of ether oxygens (including phenoxy) is 3. The molecule has 0 saturated carbocycles. The summed E-state index contributed by atoms with van der Waals surface area (Å²) in [6.07, 6.45) is -0.224. The van der Waals surface area contributed by atoms with E-state index < -0.39 is 28.1 Å². The first-order chi connectivity index (χ1) is 14.7. The standard InChI is InChI=1S/C19H30N4O7S/c1-22(2)9-5-8-20-18(24)19(25)21-13-17-23(10-11-30-17)31(26,27)14-6-7-15(28-3)16(12-14)29-4/h6-7,12,17H,5,8-11,13H2,1-4H3,(H,20,24)(H,21,25)/t17-/m0/s1. The van der Waals surface area contributed by atoms with Crippen molar-refractivity contribution >= 4 is 21.8 Å². The number of benzene rings is 1. The predicted molar refractivity (Wildman–Crippen MR) is 112 cm³/mol. The number of nitrogens with zero attached hydrogens (tertiary/aromatic N) is 2. The van der Waals surface area contributed by atoms with Gasteiger partial charge in [0, 0.05) is 19.2 Å². The van der Waals surface area contributed by atoms with Gasteiger partial charge in [-0.2, -0.15) is 4.31 Å². The van der Waals surface area contributed by atoms with Crippen molar-refractivity contribution in [2.75, 3.05) is 61.1 Å². The Hall–Kier alpha value is -2.41. The molecule has 0 spiro atoms. The average Bonchev–Trinajstić information content (AvgIpc) is 3.23. The zero-order valence-electron chi connectivity index (χ0n) is 18.2. The Kier molecular flexibility index (Phi) is 9.04. The number of carbonyl (C=O) groups excluding carboxylic acids is 2. The molecule has 1 aromatic carbocycles. The molecular weight excluding hydrogens is 428 g/mol. The van der Waals surface area contributed by atoms with E-state index >= 15 is 0 Å². The van der Waals surface area contributed by atoms with Gasteiger partial charge in [-0.15, -0.1) is 0 Å². The van der Waals surface area contributed by atoms with Crippen LogP contribution in [0, 0.1) is 0 Å². The lowest BCUT2D eigenvalue weighted by molar-refractivity contribution is -0.139. The Morgan fingerprint density at radius 1 is 1.16 bits per heavy atom. The third-order valence-electron chi connectivity index (χ3n) is 4.62. The Morgan fingerprint density at radius 2 is 1.84 bits per heavy atom. The number of amides is 2. The van der Waals surface area contributed by atoms with Crippen molar-refractivity contribution in [2.45, 2.75) is 17.5 Å². The Balaban J connectivity index is 1.98. The summed E-state index contributed by atoms with van der Waals surface area (Å²) in [5, 5.41) is 4.96. The van der Waals surface area contributed by atoms with Crippen molar-refractivity contribution in [1.29, 1.82) is 0 Å². The van der Waals surface area contributed by atoms with Crippen molar-refractivity contribution in [2.24, 2.45) is 0 Å². The van der Waals surface area contributed by atoms with Crippen LogP contribution in [-0.2, 0) is 24.3 Å². The molecule has 2 rings (SSSR count). The molecule has 1 aliphatic rings. The quantitative estimate of drug-likeness (QED) is 0.346. The van der Waals surface area contributed by atoms with Crippen molar-refractivity contribution in [1.82, 2.24) is 19.8 Å². The smallest absolute Gasteiger partial charge is 0.309 e. The molecule has 0 aliphatic carbocycles. The summed E-state index contributed by atoms with van der Waals surface area (Å²) >= 11 is 0. The highest BCUT2D eigenvalue weighted by molar-refractivity contribution is 7.89. The van der Waals surface area contributed by atoms with Gasteiger partial charge in [0.05, 0.1) is 32.3 Å². The van der Waals surface area contributed by atoms with Crippen LogP contribution in [0.15, 0.2) is 23.1 Å². The van der Waals surface area contributed by atoms with E-state index in [9.17, 15) is 18.0 Å². The number of sulfonamides is 1. The lowest BCUT2D eigenvalue weighted by Crippen LogP contribution is -2.47. The molecule has 1 aromatic rings. The molecule has 2 N–H and O–H groups in total. The van der Waals surface area contributed by atoms with E-state index in [1.54, 1.807) is 0 Å². The van der Waals surface area contributed by atoms with Gasteiger partial charge in [-0.05, 0) is 39.2 Å². The summed E-state index contributed by atoms with van der Waals surface area (Å²) in [7, 11) is 2.78. The van der Waals surface area contributed by atoms with Crippen LogP contribution in [0.5, 0.6) is 11.5 Å². The second-order valence-corrected chi connectivity index (χ2v) is 8.97. The van der Waals surface area contributed by atoms with Crippen LogP contribution in [0.4, 0.5) is 0 Å². The topological polar surface area (TPSA) is 127 Å². The average molecular weight is 459 g/mol. The normalized spacial score (nSPS) is 16.9. The van der Waals surface area contributed by atoms with Crippen LogP contribution in [-0.4, -0.2) is 96.8 Å². The minimum Gasteiger partial charge on any atom is -0.493 e. The molecule has 0 aromatic heterocycles. The van der Waals surface area contributed by atoms with Crippen molar-refractivity contribution in [3.05, 3.63) is 18.2 Å². The number of rotatable bonds is 10. The van der Waals surface area contributed by atoms with E-state index in [1.807, 2.05) is 19.0 Å². The Bertz CT molecular complexity index is 876. The van der Waals surface area contributed by atoms with Crippen LogP contribution in [0.25, 0.3) is 0 Å². The largest absolute Gasteiger partial charge is 0.493 e. The maximum atomic E-state index is 13.1. The van der Waals surface area contributed by atoms with E-state index in [4.69, 9.17) is 14.2 Å². The van der Waals surface area contributed by atoms with E-state index in [2.05, 4.69) is 10.6 Å². The number of hydrogen-bond acceptors (Lipinski definition) is 8. The van der Waals surface area contributed by atoms with Gasteiger partial charge in [0.25, 0.3) is 0 Å². The summed E-state index contributed by atoms with van der Waals surface area (Å²) in [5.74, 6) is -0.936. The van der Waals surface area contributed by atoms with E-state index in [0.29, 0.717) is 18.7 Å². The van der Waals surface area contributed by atoms with E-state index in [0.717, 1.165) is 10.8 Å². The molecule has 0 radical (unpaired) electrons. The summed E-state index contributed by atoms with van der Waals surface area (Å²) in [6.45, 7) is 1.28. The molecule has 12 heteroatoms. The first-order valence-corrected chi connectivity index (χ1v) is 11.2. The zero-order chi connectivity index (χ0) is 23.0. The monoisotopic (exact) mass is 458 g/mol. The molecule has 1 heterocycles. The van der Waals surface area contributed by atoms with Gasteiger partial charge in [-0.1, -0.05) is 0 Å². The highest BCUT2D eigenvalue weighted by Gasteiger charge is 2.37. The van der Waals surface area contributed by atoms with Crippen LogP contribution < -0.4 is 20.1 Å². The van der Waals surface area contributed by atoms with Crippen LogP contribution in [0.3, 0.4) is 0 Å². The summed E-state index contributed by atoms with van der Waals surface area (Å²) in [6, 6.07) is 4.27. The van der Waals surface area contributed by atoms with Gasteiger partial charge in [-0.25, -0.2) is 8.42 Å². The molecule has 1 fully saturated rings. The highest BCUT2D eigenvalue weighted by atomic mass is 32.2. The third-order valence-corrected chi connectivity index (χ3v) is 6.50. The van der Waals surface area contributed by atoms with Gasteiger partial charge in [-0.3, -0.25) is 9.59 Å². The molecule has 0 bridgehead atoms. The predicted octanol–water partition coefficient (Wildman–Crippen LogP) is -0.765. The number of hydrogen-bond donors (Lipinski definition) is 2. The summed E-state index contributed by atoms with van der Waals surface area (Å²) in [4.78, 5) is 25.9. The summed E-state index contributed by atoms with van der Waals surface area (Å²) < 4.78 is 43.1. The molecule has 1 aliphatic heterocycles. The SMILES string of the molecule is COc1ccc(S(=O)(=O)N2CCO[C@H]2CNC(=O)C(=O)NCCCN(C)C)cc1OC. The first-order valence-electron chi connectivity index (χ1n) is 9.77. The minimum atomic E-state index is -3.92. The van der Waals surface area contributed by atoms with Crippen molar-refractivity contribution in [3.63, 3.8) is 0 Å². The van der Waals surface area contributed by atoms with Crippen LogP contribution >= 0.6 is 0 Å². The van der Waals surface area contributed by atoms with Crippen molar-refractivity contribution < 1.29 is 32.2 Å². The fourth-order valence-corrected chi connectivity index (χ4v) is 4.52. The number of carbonyl (C=O) groups is 2. The van der Waals surface area contributed by atoms with Gasteiger partial charge >= 0.3 is 11.8 Å². The summed E-state index contributed by atoms with van der Waals surface area (Å²) in [5.41, 5.74) is 0. The van der Waals surface area contributed by atoms with E-state index in [-0.39, 0.29) is 30.3 Å². The molecule has 174 valence electrons. The second kappa shape index (κ2) is 11.3. The van der Waals surface area contributed by atoms with Gasteiger partial charge in [0.15, 0.2) is 11.5 Å². The number of nitrogens with one attached hydrogen (secondary N) is 2.